The third kappa shape index (κ3) is 1.74. The van der Waals surface area contributed by atoms with E-state index in [0.717, 1.165) is 19.3 Å². The molecular weight excluding hydrogens is 200 g/mol. The van der Waals surface area contributed by atoms with Crippen molar-refractivity contribution in [3.63, 3.8) is 0 Å². The van der Waals surface area contributed by atoms with Gasteiger partial charge in [-0.2, -0.15) is 0 Å². The number of carbonyl (C=O) groups excluding carboxylic acids is 2. The van der Waals surface area contributed by atoms with Gasteiger partial charge in [0.05, 0.1) is 0 Å². The average Bonchev–Trinajstić information content (AvgIpc) is 2.19. The third-order valence-corrected chi connectivity index (χ3v) is 4.67. The Morgan fingerprint density at radius 1 is 1.50 bits per heavy atom. The number of Topliss-reactive ketones (excluding diaryl/α,β-unsaturated/α-hetero) is 1. The fourth-order valence-electron chi connectivity index (χ4n) is 3.24. The standard InChI is InChI=1S/C14H20O2/c1-9-6-13(16)7-12-5-4-11(10(2)15)8-14(9,12)3/h7,9,11H,4-6,8H2,1-3H3/t9-,11-,14+/m0/s1. The van der Waals surface area contributed by atoms with Crippen LogP contribution in [-0.2, 0) is 9.59 Å². The molecule has 2 nitrogen and oxygen atoms in total. The van der Waals surface area contributed by atoms with Crippen LogP contribution in [0.15, 0.2) is 11.6 Å². The number of rotatable bonds is 1. The SMILES string of the molecule is CC(=O)[C@H]1CCC2=CC(=O)C[C@H](C)[C@@]2(C)C1. The molecule has 2 aliphatic carbocycles. The lowest BCUT2D eigenvalue weighted by molar-refractivity contribution is -0.123. The molecule has 3 atom stereocenters. The van der Waals surface area contributed by atoms with E-state index < -0.39 is 0 Å². The largest absolute Gasteiger partial charge is 0.300 e. The van der Waals surface area contributed by atoms with E-state index in [-0.39, 0.29) is 17.1 Å². The Labute approximate surface area is 97.1 Å². The van der Waals surface area contributed by atoms with Crippen molar-refractivity contribution in [2.75, 3.05) is 0 Å². The summed E-state index contributed by atoms with van der Waals surface area (Å²) >= 11 is 0. The second-order valence-corrected chi connectivity index (χ2v) is 5.71. The Kier molecular flexibility index (Phi) is 2.77. The fourth-order valence-corrected chi connectivity index (χ4v) is 3.24. The third-order valence-electron chi connectivity index (χ3n) is 4.67. The second-order valence-electron chi connectivity index (χ2n) is 5.71. The van der Waals surface area contributed by atoms with Crippen LogP contribution in [0, 0.1) is 17.3 Å². The Hall–Kier alpha value is -0.920. The van der Waals surface area contributed by atoms with Gasteiger partial charge in [0.25, 0.3) is 0 Å². The minimum absolute atomic E-state index is 0.0858. The first-order valence-electron chi connectivity index (χ1n) is 6.18. The molecule has 0 N–H and O–H groups in total. The molecule has 1 fully saturated rings. The molecular formula is C14H20O2. The summed E-state index contributed by atoms with van der Waals surface area (Å²) in [7, 11) is 0. The Morgan fingerprint density at radius 3 is 2.81 bits per heavy atom. The maximum absolute atomic E-state index is 11.5. The lowest BCUT2D eigenvalue weighted by Gasteiger charge is -2.46. The first-order chi connectivity index (χ1) is 7.43. The van der Waals surface area contributed by atoms with E-state index in [0.29, 0.717) is 18.1 Å². The van der Waals surface area contributed by atoms with Crippen LogP contribution in [0.5, 0.6) is 0 Å². The van der Waals surface area contributed by atoms with Crippen LogP contribution in [0.1, 0.15) is 46.5 Å². The minimum Gasteiger partial charge on any atom is -0.300 e. The van der Waals surface area contributed by atoms with Crippen molar-refractivity contribution in [3.05, 3.63) is 11.6 Å². The van der Waals surface area contributed by atoms with Gasteiger partial charge in [-0.05, 0) is 43.6 Å². The van der Waals surface area contributed by atoms with Crippen LogP contribution in [-0.4, -0.2) is 11.6 Å². The minimum atomic E-state index is 0.0858. The van der Waals surface area contributed by atoms with Crippen molar-refractivity contribution in [1.82, 2.24) is 0 Å². The van der Waals surface area contributed by atoms with Crippen molar-refractivity contribution in [2.45, 2.75) is 46.5 Å². The fraction of sp³-hybridized carbons (Fsp3) is 0.714. The first kappa shape index (κ1) is 11.6. The zero-order valence-corrected chi connectivity index (χ0v) is 10.4. The summed E-state index contributed by atoms with van der Waals surface area (Å²) in [6, 6.07) is 0. The van der Waals surface area contributed by atoms with Crippen molar-refractivity contribution in [3.8, 4) is 0 Å². The summed E-state index contributed by atoms with van der Waals surface area (Å²) in [5, 5.41) is 0. The second kappa shape index (κ2) is 3.83. The smallest absolute Gasteiger partial charge is 0.155 e. The molecule has 0 heterocycles. The van der Waals surface area contributed by atoms with Gasteiger partial charge in [-0.25, -0.2) is 0 Å². The molecule has 2 rings (SSSR count). The first-order valence-corrected chi connectivity index (χ1v) is 6.18. The molecule has 0 unspecified atom stereocenters. The Bertz CT molecular complexity index is 367. The summed E-state index contributed by atoms with van der Waals surface area (Å²) in [6.07, 6.45) is 5.27. The van der Waals surface area contributed by atoms with Crippen LogP contribution < -0.4 is 0 Å². The Morgan fingerprint density at radius 2 is 2.19 bits per heavy atom. The molecule has 0 saturated heterocycles. The van der Waals surface area contributed by atoms with E-state index in [4.69, 9.17) is 0 Å². The molecule has 0 amide bonds. The molecule has 2 heteroatoms. The molecule has 1 saturated carbocycles. The van der Waals surface area contributed by atoms with Crippen molar-refractivity contribution in [1.29, 1.82) is 0 Å². The topological polar surface area (TPSA) is 34.1 Å². The molecule has 16 heavy (non-hydrogen) atoms. The molecule has 0 aromatic rings. The van der Waals surface area contributed by atoms with Gasteiger partial charge in [0.15, 0.2) is 5.78 Å². The maximum atomic E-state index is 11.5. The molecule has 2 aliphatic rings. The van der Waals surface area contributed by atoms with Gasteiger partial charge >= 0.3 is 0 Å². The van der Waals surface area contributed by atoms with Gasteiger partial charge in [0, 0.05) is 12.3 Å². The number of fused-ring (bicyclic) bond motifs is 1. The highest BCUT2D eigenvalue weighted by Crippen LogP contribution is 2.51. The van der Waals surface area contributed by atoms with E-state index in [2.05, 4.69) is 13.8 Å². The zero-order chi connectivity index (χ0) is 11.9. The normalized spacial score (nSPS) is 38.9. The van der Waals surface area contributed by atoms with Gasteiger partial charge in [-0.1, -0.05) is 19.4 Å². The number of ketones is 2. The van der Waals surface area contributed by atoms with E-state index in [1.54, 1.807) is 6.92 Å². The van der Waals surface area contributed by atoms with Gasteiger partial charge in [0.1, 0.15) is 5.78 Å². The van der Waals surface area contributed by atoms with Crippen LogP contribution in [0.4, 0.5) is 0 Å². The summed E-state index contributed by atoms with van der Waals surface area (Å²) in [5.41, 5.74) is 1.37. The highest BCUT2D eigenvalue weighted by molar-refractivity contribution is 5.92. The van der Waals surface area contributed by atoms with E-state index in [1.807, 2.05) is 6.08 Å². The molecule has 0 aliphatic heterocycles. The highest BCUT2D eigenvalue weighted by atomic mass is 16.1. The molecule has 0 radical (unpaired) electrons. The molecule has 0 aromatic heterocycles. The van der Waals surface area contributed by atoms with Gasteiger partial charge < -0.3 is 0 Å². The summed E-state index contributed by atoms with van der Waals surface area (Å²) in [6.45, 7) is 6.07. The van der Waals surface area contributed by atoms with Crippen LogP contribution in [0.3, 0.4) is 0 Å². The molecule has 0 spiro atoms. The predicted octanol–water partition coefficient (Wildman–Crippen LogP) is 2.92. The predicted molar refractivity (Wildman–Crippen MR) is 63.0 cm³/mol. The number of hydrogen-bond donors (Lipinski definition) is 0. The summed E-state index contributed by atoms with van der Waals surface area (Å²) < 4.78 is 0. The van der Waals surface area contributed by atoms with Crippen LogP contribution in [0.2, 0.25) is 0 Å². The van der Waals surface area contributed by atoms with E-state index in [1.165, 1.54) is 5.57 Å². The Balaban J connectivity index is 2.30. The summed E-state index contributed by atoms with van der Waals surface area (Å²) in [5.74, 6) is 1.16. The lowest BCUT2D eigenvalue weighted by atomic mass is 9.58. The van der Waals surface area contributed by atoms with Crippen molar-refractivity contribution < 1.29 is 9.59 Å². The molecule has 88 valence electrons. The van der Waals surface area contributed by atoms with E-state index in [9.17, 15) is 9.59 Å². The number of carbonyl (C=O) groups is 2. The van der Waals surface area contributed by atoms with Gasteiger partial charge in [-0.3, -0.25) is 9.59 Å². The zero-order valence-electron chi connectivity index (χ0n) is 10.4. The summed E-state index contributed by atoms with van der Waals surface area (Å²) in [4.78, 5) is 23.0. The van der Waals surface area contributed by atoms with Gasteiger partial charge in [0.2, 0.25) is 0 Å². The number of hydrogen-bond acceptors (Lipinski definition) is 2. The van der Waals surface area contributed by atoms with Crippen molar-refractivity contribution >= 4 is 11.6 Å². The number of allylic oxidation sites excluding steroid dienone is 2. The average molecular weight is 220 g/mol. The van der Waals surface area contributed by atoms with Gasteiger partial charge in [-0.15, -0.1) is 0 Å². The monoisotopic (exact) mass is 220 g/mol. The van der Waals surface area contributed by atoms with Crippen LogP contribution >= 0.6 is 0 Å². The maximum Gasteiger partial charge on any atom is 0.155 e. The highest BCUT2D eigenvalue weighted by Gasteiger charge is 2.44. The molecule has 0 aromatic carbocycles. The quantitative estimate of drug-likeness (QED) is 0.681. The molecule has 0 bridgehead atoms. The van der Waals surface area contributed by atoms with E-state index >= 15 is 0 Å². The van der Waals surface area contributed by atoms with Crippen LogP contribution in [0.25, 0.3) is 0 Å². The van der Waals surface area contributed by atoms with Crippen molar-refractivity contribution in [2.24, 2.45) is 17.3 Å². The lowest BCUT2D eigenvalue weighted by Crippen LogP contribution is -2.39.